The molecule has 0 spiro atoms. The second-order valence-corrected chi connectivity index (χ2v) is 4.11. The van der Waals surface area contributed by atoms with Gasteiger partial charge in [0.2, 0.25) is 0 Å². The van der Waals surface area contributed by atoms with E-state index in [0.29, 0.717) is 30.3 Å². The largest absolute Gasteiger partial charge is 0.486 e. The highest BCUT2D eigenvalue weighted by atomic mass is 19.3. The molecule has 3 nitrogen and oxygen atoms in total. The van der Waals surface area contributed by atoms with Crippen LogP contribution in [-0.2, 0) is 6.54 Å². The molecule has 0 saturated heterocycles. The van der Waals surface area contributed by atoms with Crippen LogP contribution in [0.5, 0.6) is 11.5 Å². The van der Waals surface area contributed by atoms with E-state index in [1.807, 2.05) is 0 Å². The molecule has 106 valence electrons. The number of rotatable bonds is 5. The lowest BCUT2D eigenvalue weighted by atomic mass is 10.1. The van der Waals surface area contributed by atoms with Gasteiger partial charge in [0.25, 0.3) is 0 Å². The Bertz CT molecular complexity index is 440. The first-order valence-electron chi connectivity index (χ1n) is 5.75. The molecule has 1 heterocycles. The monoisotopic (exact) mass is 279 g/mol. The van der Waals surface area contributed by atoms with Crippen LogP contribution in [0.4, 0.5) is 17.6 Å². The zero-order chi connectivity index (χ0) is 13.9. The highest BCUT2D eigenvalue weighted by molar-refractivity contribution is 5.47. The van der Waals surface area contributed by atoms with Crippen molar-refractivity contribution in [2.45, 2.75) is 18.9 Å². The number of ether oxygens (including phenoxy) is 2. The fraction of sp³-hybridized carbons (Fsp3) is 0.500. The van der Waals surface area contributed by atoms with Gasteiger partial charge in [-0.15, -0.1) is 0 Å². The van der Waals surface area contributed by atoms with E-state index in [4.69, 9.17) is 9.47 Å². The molecule has 2 rings (SSSR count). The van der Waals surface area contributed by atoms with E-state index < -0.39 is 18.9 Å². The third-order valence-electron chi connectivity index (χ3n) is 2.64. The topological polar surface area (TPSA) is 30.5 Å². The summed E-state index contributed by atoms with van der Waals surface area (Å²) in [4.78, 5) is 0. The van der Waals surface area contributed by atoms with Crippen molar-refractivity contribution in [3.8, 4) is 11.5 Å². The van der Waals surface area contributed by atoms with Crippen LogP contribution in [0.15, 0.2) is 18.2 Å². The molecule has 0 unspecified atom stereocenters. The van der Waals surface area contributed by atoms with Crippen molar-refractivity contribution in [2.75, 3.05) is 19.8 Å². The zero-order valence-corrected chi connectivity index (χ0v) is 9.97. The Morgan fingerprint density at radius 3 is 2.68 bits per heavy atom. The molecule has 0 fully saturated rings. The van der Waals surface area contributed by atoms with Crippen molar-refractivity contribution in [1.29, 1.82) is 0 Å². The van der Waals surface area contributed by atoms with Crippen molar-refractivity contribution in [3.05, 3.63) is 23.8 Å². The number of hydrogen-bond acceptors (Lipinski definition) is 3. The minimum Gasteiger partial charge on any atom is -0.486 e. The normalized spacial score (nSPS) is 14.8. The average molecular weight is 279 g/mol. The summed E-state index contributed by atoms with van der Waals surface area (Å²) >= 11 is 0. The Morgan fingerprint density at radius 2 is 1.95 bits per heavy atom. The summed E-state index contributed by atoms with van der Waals surface area (Å²) in [7, 11) is 0. The van der Waals surface area contributed by atoms with Crippen LogP contribution in [0.3, 0.4) is 0 Å². The first kappa shape index (κ1) is 13.9. The van der Waals surface area contributed by atoms with Crippen LogP contribution in [-0.4, -0.2) is 32.1 Å². The van der Waals surface area contributed by atoms with Gasteiger partial charge < -0.3 is 14.8 Å². The van der Waals surface area contributed by atoms with Crippen molar-refractivity contribution in [2.24, 2.45) is 0 Å². The van der Waals surface area contributed by atoms with Gasteiger partial charge in [0.15, 0.2) is 11.5 Å². The first-order valence-corrected chi connectivity index (χ1v) is 5.75. The number of para-hydroxylation sites is 1. The molecular formula is C12H13F4NO2. The summed E-state index contributed by atoms with van der Waals surface area (Å²) in [6, 6.07) is 5.06. The Balaban J connectivity index is 1.97. The molecule has 0 amide bonds. The summed E-state index contributed by atoms with van der Waals surface area (Å²) in [5, 5.41) is 2.31. The molecule has 1 aromatic rings. The number of hydrogen-bond donors (Lipinski definition) is 1. The van der Waals surface area contributed by atoms with Gasteiger partial charge in [0.05, 0.1) is 6.54 Å². The Morgan fingerprint density at radius 1 is 1.21 bits per heavy atom. The Kier molecular flexibility index (Phi) is 4.14. The van der Waals surface area contributed by atoms with E-state index in [-0.39, 0.29) is 6.54 Å². The molecule has 0 atom stereocenters. The SMILES string of the molecule is FC(F)C(F)(F)CNCc1cccc2c1OCCO2. The van der Waals surface area contributed by atoms with Gasteiger partial charge in [0, 0.05) is 12.1 Å². The van der Waals surface area contributed by atoms with E-state index >= 15 is 0 Å². The van der Waals surface area contributed by atoms with Crippen LogP contribution in [0, 0.1) is 0 Å². The Labute approximate surface area is 107 Å². The third-order valence-corrected chi connectivity index (χ3v) is 2.64. The molecule has 0 saturated carbocycles. The van der Waals surface area contributed by atoms with Crippen LogP contribution in [0.2, 0.25) is 0 Å². The lowest BCUT2D eigenvalue weighted by molar-refractivity contribution is -0.125. The summed E-state index contributed by atoms with van der Waals surface area (Å²) in [5.74, 6) is -3.03. The molecule has 19 heavy (non-hydrogen) atoms. The fourth-order valence-electron chi connectivity index (χ4n) is 1.71. The van der Waals surface area contributed by atoms with Gasteiger partial charge in [0.1, 0.15) is 13.2 Å². The summed E-state index contributed by atoms with van der Waals surface area (Å²) in [5.41, 5.74) is 0.599. The maximum atomic E-state index is 12.7. The lowest BCUT2D eigenvalue weighted by Gasteiger charge is -2.21. The number of benzene rings is 1. The molecule has 0 bridgehead atoms. The van der Waals surface area contributed by atoms with Gasteiger partial charge in [-0.2, -0.15) is 8.78 Å². The van der Waals surface area contributed by atoms with Crippen LogP contribution >= 0.6 is 0 Å². The van der Waals surface area contributed by atoms with Crippen LogP contribution in [0.25, 0.3) is 0 Å². The number of nitrogens with one attached hydrogen (secondary N) is 1. The van der Waals surface area contributed by atoms with Gasteiger partial charge in [-0.3, -0.25) is 0 Å². The maximum absolute atomic E-state index is 12.7. The predicted molar refractivity (Wildman–Crippen MR) is 60.1 cm³/mol. The van der Waals surface area contributed by atoms with E-state index in [1.54, 1.807) is 18.2 Å². The molecule has 0 aliphatic carbocycles. The zero-order valence-electron chi connectivity index (χ0n) is 9.97. The van der Waals surface area contributed by atoms with Gasteiger partial charge >= 0.3 is 12.3 Å². The average Bonchev–Trinajstić information content (AvgIpc) is 2.38. The van der Waals surface area contributed by atoms with Crippen molar-refractivity contribution in [3.63, 3.8) is 0 Å². The van der Waals surface area contributed by atoms with E-state index in [9.17, 15) is 17.6 Å². The standard InChI is InChI=1S/C12H13F4NO2/c13-11(14)12(15,16)7-17-6-8-2-1-3-9-10(8)19-5-4-18-9/h1-3,11,17H,4-7H2. The summed E-state index contributed by atoms with van der Waals surface area (Å²) in [6.07, 6.45) is -3.68. The number of fused-ring (bicyclic) bond motifs is 1. The highest BCUT2D eigenvalue weighted by Crippen LogP contribution is 2.33. The summed E-state index contributed by atoms with van der Waals surface area (Å²) < 4.78 is 60.1. The van der Waals surface area contributed by atoms with Gasteiger partial charge in [-0.05, 0) is 6.07 Å². The second-order valence-electron chi connectivity index (χ2n) is 4.11. The second kappa shape index (κ2) is 5.64. The molecule has 7 heteroatoms. The number of halogens is 4. The molecule has 1 aromatic carbocycles. The van der Waals surface area contributed by atoms with E-state index in [2.05, 4.69) is 5.32 Å². The molecule has 0 aromatic heterocycles. The molecule has 1 aliphatic heterocycles. The Hall–Kier alpha value is -1.50. The predicted octanol–water partition coefficient (Wildman–Crippen LogP) is 2.45. The summed E-state index contributed by atoms with van der Waals surface area (Å²) in [6.45, 7) is -0.283. The first-order chi connectivity index (χ1) is 9.00. The minimum absolute atomic E-state index is 0.00877. The minimum atomic E-state index is -4.04. The molecular weight excluding hydrogens is 266 g/mol. The molecule has 0 radical (unpaired) electrons. The quantitative estimate of drug-likeness (QED) is 0.840. The maximum Gasteiger partial charge on any atom is 0.319 e. The van der Waals surface area contributed by atoms with Gasteiger partial charge in [-0.25, -0.2) is 8.78 Å². The van der Waals surface area contributed by atoms with Crippen LogP contribution in [0.1, 0.15) is 5.56 Å². The molecule has 1 aliphatic rings. The van der Waals surface area contributed by atoms with E-state index in [0.717, 1.165) is 0 Å². The van der Waals surface area contributed by atoms with Gasteiger partial charge in [-0.1, -0.05) is 12.1 Å². The van der Waals surface area contributed by atoms with Crippen molar-refractivity contribution >= 4 is 0 Å². The number of alkyl halides is 4. The van der Waals surface area contributed by atoms with Crippen LogP contribution < -0.4 is 14.8 Å². The van der Waals surface area contributed by atoms with Crippen molar-refractivity contribution < 1.29 is 27.0 Å². The molecule has 1 N–H and O–H groups in total. The smallest absolute Gasteiger partial charge is 0.319 e. The van der Waals surface area contributed by atoms with Crippen molar-refractivity contribution in [1.82, 2.24) is 5.32 Å². The third kappa shape index (κ3) is 3.28. The fourth-order valence-corrected chi connectivity index (χ4v) is 1.71. The van der Waals surface area contributed by atoms with E-state index in [1.165, 1.54) is 0 Å². The highest BCUT2D eigenvalue weighted by Gasteiger charge is 2.40. The lowest BCUT2D eigenvalue weighted by Crippen LogP contribution is -2.38.